The number of aromatic nitrogens is 3. The van der Waals surface area contributed by atoms with Crippen LogP contribution in [0.2, 0.25) is 5.15 Å². The fraction of sp³-hybridized carbons (Fsp3) is 0.385. The molecule has 2 aromatic heterocycles. The second kappa shape index (κ2) is 5.86. The van der Waals surface area contributed by atoms with Crippen molar-refractivity contribution in [3.63, 3.8) is 0 Å². The molecule has 0 aromatic carbocycles. The number of halogens is 1. The van der Waals surface area contributed by atoms with E-state index in [1.165, 1.54) is 15.2 Å². The Balaban J connectivity index is 1.75. The molecule has 7 nitrogen and oxygen atoms in total. The van der Waals surface area contributed by atoms with Crippen LogP contribution in [0.3, 0.4) is 0 Å². The number of hydrogen-bond donors (Lipinski definition) is 0. The highest BCUT2D eigenvalue weighted by Crippen LogP contribution is 2.24. The minimum Gasteiger partial charge on any atom is -0.354 e. The molecule has 2 aromatic rings. The molecule has 118 valence electrons. The molecule has 0 spiro atoms. The van der Waals surface area contributed by atoms with E-state index >= 15 is 0 Å². The van der Waals surface area contributed by atoms with Crippen LogP contribution in [0.15, 0.2) is 35.7 Å². The first-order chi connectivity index (χ1) is 10.5. The summed E-state index contributed by atoms with van der Waals surface area (Å²) < 4.78 is 28.1. The van der Waals surface area contributed by atoms with Crippen LogP contribution in [0, 0.1) is 0 Å². The molecule has 0 saturated carbocycles. The second-order valence-corrected chi connectivity index (χ2v) is 7.24. The van der Waals surface area contributed by atoms with E-state index < -0.39 is 10.0 Å². The number of sulfonamides is 1. The minimum atomic E-state index is -3.66. The zero-order valence-corrected chi connectivity index (χ0v) is 13.6. The van der Waals surface area contributed by atoms with Gasteiger partial charge in [0.1, 0.15) is 11.0 Å². The molecule has 9 heteroatoms. The van der Waals surface area contributed by atoms with Crippen LogP contribution in [-0.2, 0) is 17.1 Å². The number of nitrogens with zero attached hydrogens (tertiary/aromatic N) is 5. The molecule has 3 heterocycles. The summed E-state index contributed by atoms with van der Waals surface area (Å²) in [6.45, 7) is 1.93. The van der Waals surface area contributed by atoms with Gasteiger partial charge in [-0.1, -0.05) is 17.7 Å². The van der Waals surface area contributed by atoms with Crippen molar-refractivity contribution in [1.29, 1.82) is 0 Å². The third-order valence-corrected chi connectivity index (χ3v) is 6.02. The summed E-state index contributed by atoms with van der Waals surface area (Å²) in [6, 6.07) is 5.69. The van der Waals surface area contributed by atoms with Crippen LogP contribution < -0.4 is 4.90 Å². The van der Waals surface area contributed by atoms with Crippen molar-refractivity contribution in [2.24, 2.45) is 7.05 Å². The van der Waals surface area contributed by atoms with Crippen LogP contribution in [0.25, 0.3) is 0 Å². The summed E-state index contributed by atoms with van der Waals surface area (Å²) in [5.41, 5.74) is 0. The summed E-state index contributed by atoms with van der Waals surface area (Å²) in [7, 11) is -2.00. The number of imidazole rings is 1. The van der Waals surface area contributed by atoms with Gasteiger partial charge in [-0.15, -0.1) is 0 Å². The van der Waals surface area contributed by atoms with Crippen LogP contribution >= 0.6 is 11.6 Å². The molecule has 1 aliphatic rings. The first-order valence-corrected chi connectivity index (χ1v) is 8.65. The lowest BCUT2D eigenvalue weighted by Gasteiger charge is -2.34. The van der Waals surface area contributed by atoms with Gasteiger partial charge in [-0.2, -0.15) is 4.31 Å². The second-order valence-electron chi connectivity index (χ2n) is 5.03. The highest BCUT2D eigenvalue weighted by Gasteiger charge is 2.32. The molecule has 0 aliphatic carbocycles. The monoisotopic (exact) mass is 341 g/mol. The van der Waals surface area contributed by atoms with Gasteiger partial charge in [0.2, 0.25) is 5.03 Å². The fourth-order valence-electron chi connectivity index (χ4n) is 2.39. The molecule has 0 atom stereocenters. The van der Waals surface area contributed by atoms with Gasteiger partial charge >= 0.3 is 0 Å². The molecule has 1 aliphatic heterocycles. The topological polar surface area (TPSA) is 71.3 Å². The lowest BCUT2D eigenvalue weighted by Crippen LogP contribution is -2.49. The number of hydrogen-bond acceptors (Lipinski definition) is 5. The van der Waals surface area contributed by atoms with Gasteiger partial charge in [0.05, 0.1) is 6.33 Å². The Labute approximate surface area is 134 Å². The Hall–Kier alpha value is -1.64. The van der Waals surface area contributed by atoms with Gasteiger partial charge in [-0.3, -0.25) is 0 Å². The molecule has 0 unspecified atom stereocenters. The Kier molecular flexibility index (Phi) is 4.07. The Morgan fingerprint density at radius 2 is 1.86 bits per heavy atom. The van der Waals surface area contributed by atoms with Crippen molar-refractivity contribution < 1.29 is 8.42 Å². The van der Waals surface area contributed by atoms with Crippen molar-refractivity contribution in [1.82, 2.24) is 18.8 Å². The number of aryl methyl sites for hydroxylation is 1. The average Bonchev–Trinajstić information content (AvgIpc) is 2.88. The zero-order chi connectivity index (χ0) is 15.7. The number of rotatable bonds is 3. The average molecular weight is 342 g/mol. The maximum atomic E-state index is 12.6. The van der Waals surface area contributed by atoms with Crippen molar-refractivity contribution in [3.8, 4) is 0 Å². The van der Waals surface area contributed by atoms with E-state index in [-0.39, 0.29) is 10.2 Å². The van der Waals surface area contributed by atoms with Crippen molar-refractivity contribution in [2.75, 3.05) is 31.1 Å². The number of piperazine rings is 1. The van der Waals surface area contributed by atoms with E-state index in [9.17, 15) is 8.42 Å². The summed E-state index contributed by atoms with van der Waals surface area (Å²) in [6.07, 6.45) is 3.13. The number of anilines is 1. The SMILES string of the molecule is Cn1cnc(S(=O)(=O)N2CCN(c3ccccn3)CC2)c1Cl. The lowest BCUT2D eigenvalue weighted by molar-refractivity contribution is 0.382. The Bertz CT molecular complexity index is 754. The predicted octanol–water partition coefficient (Wildman–Crippen LogP) is 0.979. The van der Waals surface area contributed by atoms with Gasteiger partial charge in [-0.05, 0) is 12.1 Å². The Morgan fingerprint density at radius 3 is 2.41 bits per heavy atom. The maximum absolute atomic E-state index is 12.6. The minimum absolute atomic E-state index is 0.0806. The summed E-state index contributed by atoms with van der Waals surface area (Å²) in [5.74, 6) is 0.857. The quantitative estimate of drug-likeness (QED) is 0.832. The normalized spacial score (nSPS) is 16.9. The fourth-order valence-corrected chi connectivity index (χ4v) is 4.20. The predicted molar refractivity (Wildman–Crippen MR) is 83.4 cm³/mol. The summed E-state index contributed by atoms with van der Waals surface area (Å²) in [5, 5.41) is 0.0510. The molecule has 3 rings (SSSR count). The zero-order valence-electron chi connectivity index (χ0n) is 12.1. The van der Waals surface area contributed by atoms with Gasteiger partial charge < -0.3 is 9.47 Å². The Morgan fingerprint density at radius 1 is 1.14 bits per heavy atom. The van der Waals surface area contributed by atoms with E-state index in [2.05, 4.69) is 14.9 Å². The third-order valence-electron chi connectivity index (χ3n) is 3.63. The standard InChI is InChI=1S/C13H16ClN5O2S/c1-17-10-16-13(12(17)14)22(20,21)19-8-6-18(7-9-19)11-4-2-3-5-15-11/h2-5,10H,6-9H2,1H3. The van der Waals surface area contributed by atoms with Crippen LogP contribution in [-0.4, -0.2) is 53.4 Å². The van der Waals surface area contributed by atoms with Crippen LogP contribution in [0.1, 0.15) is 0 Å². The third kappa shape index (κ3) is 2.69. The van der Waals surface area contributed by atoms with Gasteiger partial charge in [0.15, 0.2) is 0 Å². The van der Waals surface area contributed by atoms with Crippen molar-refractivity contribution >= 4 is 27.4 Å². The van der Waals surface area contributed by atoms with Crippen molar-refractivity contribution in [3.05, 3.63) is 35.9 Å². The highest BCUT2D eigenvalue weighted by atomic mass is 35.5. The maximum Gasteiger partial charge on any atom is 0.263 e. The molecule has 0 N–H and O–H groups in total. The van der Waals surface area contributed by atoms with Gasteiger partial charge in [0, 0.05) is 39.4 Å². The van der Waals surface area contributed by atoms with Crippen molar-refractivity contribution in [2.45, 2.75) is 5.03 Å². The molecule has 1 fully saturated rings. The van der Waals surface area contributed by atoms with Crippen LogP contribution in [0.5, 0.6) is 0 Å². The summed E-state index contributed by atoms with van der Waals surface area (Å²) in [4.78, 5) is 10.3. The molecule has 0 radical (unpaired) electrons. The largest absolute Gasteiger partial charge is 0.354 e. The van der Waals surface area contributed by atoms with Gasteiger partial charge in [0.25, 0.3) is 10.0 Å². The molecule has 1 saturated heterocycles. The van der Waals surface area contributed by atoms with E-state index in [1.807, 2.05) is 18.2 Å². The van der Waals surface area contributed by atoms with E-state index in [4.69, 9.17) is 11.6 Å². The first-order valence-electron chi connectivity index (χ1n) is 6.83. The lowest BCUT2D eigenvalue weighted by atomic mass is 10.3. The first kappa shape index (κ1) is 15.3. The number of pyridine rings is 1. The summed E-state index contributed by atoms with van der Waals surface area (Å²) >= 11 is 6.01. The van der Waals surface area contributed by atoms with Crippen LogP contribution in [0.4, 0.5) is 5.82 Å². The molecule has 0 bridgehead atoms. The molecule has 22 heavy (non-hydrogen) atoms. The van der Waals surface area contributed by atoms with Gasteiger partial charge in [-0.25, -0.2) is 18.4 Å². The smallest absolute Gasteiger partial charge is 0.263 e. The molecular weight excluding hydrogens is 326 g/mol. The van der Waals surface area contributed by atoms with E-state index in [0.717, 1.165) is 5.82 Å². The molecule has 0 amide bonds. The van der Waals surface area contributed by atoms with E-state index in [1.54, 1.807) is 13.2 Å². The molecular formula is C13H16ClN5O2S. The van der Waals surface area contributed by atoms with E-state index in [0.29, 0.717) is 26.2 Å². The highest BCUT2D eigenvalue weighted by molar-refractivity contribution is 7.89.